The van der Waals surface area contributed by atoms with Gasteiger partial charge < -0.3 is 20.0 Å². The number of carbonyl (C=O) groups is 2. The molecule has 0 aromatic carbocycles. The molecule has 0 atom stereocenters. The molecule has 2 aliphatic carbocycles. The lowest BCUT2D eigenvalue weighted by Gasteiger charge is -2.33. The Kier molecular flexibility index (Phi) is 5.23. The number of carbonyl (C=O) groups excluding carboxylic acids is 1. The molecule has 114 valence electrons. The van der Waals surface area contributed by atoms with E-state index in [1.165, 1.54) is 4.90 Å². The fourth-order valence-electron chi connectivity index (χ4n) is 2.93. The van der Waals surface area contributed by atoms with Crippen molar-refractivity contribution in [1.29, 1.82) is 0 Å². The van der Waals surface area contributed by atoms with Crippen LogP contribution in [0.1, 0.15) is 38.5 Å². The molecule has 2 saturated carbocycles. The molecule has 2 fully saturated rings. The minimum absolute atomic E-state index is 0.0768. The molecule has 2 aliphatic rings. The van der Waals surface area contributed by atoms with E-state index in [4.69, 9.17) is 5.11 Å². The van der Waals surface area contributed by atoms with E-state index in [2.05, 4.69) is 0 Å². The molecule has 0 aromatic rings. The molecule has 0 heterocycles. The minimum atomic E-state index is -0.977. The largest absolute Gasteiger partial charge is 0.480 e. The molecule has 0 radical (unpaired) electrons. The molecule has 0 aromatic heterocycles. The topological polar surface area (TPSA) is 81.1 Å². The van der Waals surface area contributed by atoms with E-state index < -0.39 is 5.97 Å². The van der Waals surface area contributed by atoms with Crippen LogP contribution in [0.25, 0.3) is 0 Å². The van der Waals surface area contributed by atoms with Crippen LogP contribution in [0.2, 0.25) is 0 Å². The second kappa shape index (κ2) is 6.92. The second-order valence-electron chi connectivity index (χ2n) is 5.86. The molecular weight excluding hydrogens is 260 g/mol. The molecule has 2 rings (SSSR count). The van der Waals surface area contributed by atoms with Gasteiger partial charge in [0.1, 0.15) is 6.54 Å². The first-order chi connectivity index (χ1) is 9.61. The summed E-state index contributed by atoms with van der Waals surface area (Å²) in [5, 5.41) is 18.2. The SMILES string of the molecule is O=C(O)CN(CC1CC1)C(=O)N(CCO)C1CCCC1. The van der Waals surface area contributed by atoms with Gasteiger partial charge in [-0.3, -0.25) is 4.79 Å². The molecule has 6 nitrogen and oxygen atoms in total. The third kappa shape index (κ3) is 4.10. The van der Waals surface area contributed by atoms with Crippen LogP contribution >= 0.6 is 0 Å². The summed E-state index contributed by atoms with van der Waals surface area (Å²) in [4.78, 5) is 26.7. The van der Waals surface area contributed by atoms with E-state index in [9.17, 15) is 14.7 Å². The van der Waals surface area contributed by atoms with Crippen molar-refractivity contribution in [2.24, 2.45) is 5.92 Å². The van der Waals surface area contributed by atoms with Gasteiger partial charge in [0, 0.05) is 19.1 Å². The van der Waals surface area contributed by atoms with Gasteiger partial charge in [0.25, 0.3) is 0 Å². The van der Waals surface area contributed by atoms with Crippen molar-refractivity contribution in [3.63, 3.8) is 0 Å². The first kappa shape index (κ1) is 15.1. The van der Waals surface area contributed by atoms with Crippen LogP contribution in [-0.4, -0.2) is 64.3 Å². The van der Waals surface area contributed by atoms with Gasteiger partial charge in [0.15, 0.2) is 0 Å². The normalized spacial score (nSPS) is 19.1. The number of aliphatic hydroxyl groups is 1. The number of rotatable bonds is 7. The summed E-state index contributed by atoms with van der Waals surface area (Å²) in [6, 6.07) is -0.0644. The van der Waals surface area contributed by atoms with Crippen molar-refractivity contribution in [3.05, 3.63) is 0 Å². The highest BCUT2D eigenvalue weighted by Crippen LogP contribution is 2.31. The summed E-state index contributed by atoms with van der Waals surface area (Å²) < 4.78 is 0. The number of urea groups is 1. The molecule has 0 aliphatic heterocycles. The number of aliphatic carboxylic acids is 1. The Morgan fingerprint density at radius 2 is 1.75 bits per heavy atom. The fraction of sp³-hybridized carbons (Fsp3) is 0.857. The summed E-state index contributed by atoms with van der Waals surface area (Å²) in [7, 11) is 0. The van der Waals surface area contributed by atoms with Crippen LogP contribution in [0.3, 0.4) is 0 Å². The fourth-order valence-corrected chi connectivity index (χ4v) is 2.93. The summed E-state index contributed by atoms with van der Waals surface area (Å²) in [6.07, 6.45) is 6.26. The second-order valence-corrected chi connectivity index (χ2v) is 5.86. The maximum absolute atomic E-state index is 12.6. The Hall–Kier alpha value is -1.30. The van der Waals surface area contributed by atoms with E-state index in [0.29, 0.717) is 19.0 Å². The summed E-state index contributed by atoms with van der Waals surface area (Å²) >= 11 is 0. The van der Waals surface area contributed by atoms with Crippen LogP contribution in [0, 0.1) is 5.92 Å². The van der Waals surface area contributed by atoms with Gasteiger partial charge >= 0.3 is 12.0 Å². The van der Waals surface area contributed by atoms with E-state index in [1.54, 1.807) is 4.90 Å². The number of carboxylic acids is 1. The predicted octanol–water partition coefficient (Wildman–Crippen LogP) is 1.14. The van der Waals surface area contributed by atoms with Crippen LogP contribution in [0.15, 0.2) is 0 Å². The van der Waals surface area contributed by atoms with E-state index in [1.807, 2.05) is 0 Å². The van der Waals surface area contributed by atoms with Crippen molar-refractivity contribution in [2.45, 2.75) is 44.6 Å². The van der Waals surface area contributed by atoms with Gasteiger partial charge in [-0.15, -0.1) is 0 Å². The number of amides is 2. The highest BCUT2D eigenvalue weighted by Gasteiger charge is 2.33. The van der Waals surface area contributed by atoms with Gasteiger partial charge in [-0.1, -0.05) is 12.8 Å². The van der Waals surface area contributed by atoms with Gasteiger partial charge in [-0.25, -0.2) is 4.79 Å². The number of aliphatic hydroxyl groups excluding tert-OH is 1. The molecule has 0 unspecified atom stereocenters. The number of carboxylic acid groups (broad SMARTS) is 1. The zero-order valence-corrected chi connectivity index (χ0v) is 11.8. The van der Waals surface area contributed by atoms with Crippen molar-refractivity contribution < 1.29 is 19.8 Å². The summed E-state index contributed by atoms with van der Waals surface area (Å²) in [6.45, 7) is 0.501. The lowest BCUT2D eigenvalue weighted by Crippen LogP contribution is -2.50. The molecule has 2 amide bonds. The average Bonchev–Trinajstić information content (AvgIpc) is 3.05. The Labute approximate surface area is 119 Å². The standard InChI is InChI=1S/C14H24N2O4/c17-8-7-16(12-3-1-2-4-12)14(20)15(10-13(18)19)9-11-5-6-11/h11-12,17H,1-10H2,(H,18,19). The van der Waals surface area contributed by atoms with Crippen LogP contribution in [0.4, 0.5) is 4.79 Å². The van der Waals surface area contributed by atoms with Crippen LogP contribution in [0.5, 0.6) is 0 Å². The maximum atomic E-state index is 12.6. The lowest BCUT2D eigenvalue weighted by atomic mass is 10.2. The average molecular weight is 284 g/mol. The van der Waals surface area contributed by atoms with Crippen molar-refractivity contribution in [1.82, 2.24) is 9.80 Å². The van der Waals surface area contributed by atoms with Crippen LogP contribution < -0.4 is 0 Å². The first-order valence-corrected chi connectivity index (χ1v) is 7.50. The summed E-state index contributed by atoms with van der Waals surface area (Å²) in [5.41, 5.74) is 0. The number of hydrogen-bond donors (Lipinski definition) is 2. The minimum Gasteiger partial charge on any atom is -0.480 e. The third-order valence-corrected chi connectivity index (χ3v) is 4.12. The lowest BCUT2D eigenvalue weighted by molar-refractivity contribution is -0.137. The Balaban J connectivity index is 2.02. The van der Waals surface area contributed by atoms with Crippen molar-refractivity contribution in [2.75, 3.05) is 26.2 Å². The Morgan fingerprint density at radius 3 is 2.25 bits per heavy atom. The molecule has 0 saturated heterocycles. The number of hydrogen-bond acceptors (Lipinski definition) is 3. The highest BCUT2D eigenvalue weighted by molar-refractivity contribution is 5.80. The van der Waals surface area contributed by atoms with Gasteiger partial charge in [0.05, 0.1) is 6.61 Å². The molecule has 2 N–H and O–H groups in total. The first-order valence-electron chi connectivity index (χ1n) is 7.50. The van der Waals surface area contributed by atoms with E-state index >= 15 is 0 Å². The van der Waals surface area contributed by atoms with Crippen molar-refractivity contribution in [3.8, 4) is 0 Å². The maximum Gasteiger partial charge on any atom is 0.323 e. The van der Waals surface area contributed by atoms with Gasteiger partial charge in [-0.05, 0) is 31.6 Å². The Morgan fingerprint density at radius 1 is 1.10 bits per heavy atom. The zero-order valence-electron chi connectivity index (χ0n) is 11.8. The molecule has 0 bridgehead atoms. The number of nitrogens with zero attached hydrogens (tertiary/aromatic N) is 2. The predicted molar refractivity (Wildman–Crippen MR) is 73.4 cm³/mol. The highest BCUT2D eigenvalue weighted by atomic mass is 16.4. The van der Waals surface area contributed by atoms with Crippen molar-refractivity contribution >= 4 is 12.0 Å². The quantitative estimate of drug-likeness (QED) is 0.734. The van der Waals surface area contributed by atoms with Crippen LogP contribution in [-0.2, 0) is 4.79 Å². The van der Waals surface area contributed by atoms with E-state index in [0.717, 1.165) is 38.5 Å². The summed E-state index contributed by atoms with van der Waals surface area (Å²) in [5.74, 6) is -0.521. The molecule has 20 heavy (non-hydrogen) atoms. The molecule has 6 heteroatoms. The van der Waals surface area contributed by atoms with E-state index in [-0.39, 0.29) is 25.2 Å². The monoisotopic (exact) mass is 284 g/mol. The molecule has 0 spiro atoms. The smallest absolute Gasteiger partial charge is 0.323 e. The van der Waals surface area contributed by atoms with Gasteiger partial charge in [-0.2, -0.15) is 0 Å². The zero-order chi connectivity index (χ0) is 14.5. The molecular formula is C14H24N2O4. The Bertz CT molecular complexity index is 351. The van der Waals surface area contributed by atoms with Gasteiger partial charge in [0.2, 0.25) is 0 Å². The third-order valence-electron chi connectivity index (χ3n) is 4.12.